The van der Waals surface area contributed by atoms with Crippen LogP contribution in [0.5, 0.6) is 0 Å². The van der Waals surface area contributed by atoms with E-state index in [4.69, 9.17) is 11.6 Å². The molecule has 0 aliphatic carbocycles. The van der Waals surface area contributed by atoms with Crippen molar-refractivity contribution in [3.63, 3.8) is 0 Å². The molecule has 0 aliphatic heterocycles. The number of benzene rings is 1. The molecule has 2 rings (SSSR count). The van der Waals surface area contributed by atoms with Crippen molar-refractivity contribution in [1.29, 1.82) is 0 Å². The molecule has 4 heteroatoms. The number of rotatable bonds is 0. The summed E-state index contributed by atoms with van der Waals surface area (Å²) in [5.74, 6) is -0.382. The Balaban J connectivity index is 2.96. The first-order valence-corrected chi connectivity index (χ1v) is 5.29. The molecule has 0 saturated heterocycles. The molecule has 0 radical (unpaired) electrons. The van der Waals surface area contributed by atoms with Crippen LogP contribution in [-0.2, 0) is 7.05 Å². The fraction of sp³-hybridized carbons (Fsp3) is 0.200. The van der Waals surface area contributed by atoms with Crippen molar-refractivity contribution in [2.75, 3.05) is 0 Å². The van der Waals surface area contributed by atoms with Gasteiger partial charge in [0.2, 0.25) is 0 Å². The van der Waals surface area contributed by atoms with E-state index in [2.05, 4.69) is 15.9 Å². The molecule has 74 valence electrons. The van der Waals surface area contributed by atoms with Crippen molar-refractivity contribution in [2.45, 2.75) is 6.92 Å². The SMILES string of the molecule is Cc1c(Br)c2cc(Cl)c(F)cc2n1C. The maximum Gasteiger partial charge on any atom is 0.143 e. The average Bonchev–Trinajstić information content (AvgIpc) is 2.34. The molecular weight excluding hydrogens is 268 g/mol. The first-order chi connectivity index (χ1) is 6.52. The fourth-order valence-electron chi connectivity index (χ4n) is 1.51. The van der Waals surface area contributed by atoms with Gasteiger partial charge in [-0.15, -0.1) is 0 Å². The van der Waals surface area contributed by atoms with E-state index in [-0.39, 0.29) is 10.8 Å². The highest BCUT2D eigenvalue weighted by atomic mass is 79.9. The number of nitrogens with zero attached hydrogens (tertiary/aromatic N) is 1. The molecule has 14 heavy (non-hydrogen) atoms. The lowest BCUT2D eigenvalue weighted by Crippen LogP contribution is -1.90. The number of aromatic nitrogens is 1. The van der Waals surface area contributed by atoms with Crippen molar-refractivity contribution in [1.82, 2.24) is 4.57 Å². The monoisotopic (exact) mass is 275 g/mol. The van der Waals surface area contributed by atoms with Gasteiger partial charge in [0.1, 0.15) is 5.82 Å². The van der Waals surface area contributed by atoms with Crippen LogP contribution < -0.4 is 0 Å². The van der Waals surface area contributed by atoms with Crippen LogP contribution in [-0.4, -0.2) is 4.57 Å². The van der Waals surface area contributed by atoms with E-state index in [1.54, 1.807) is 6.07 Å². The zero-order chi connectivity index (χ0) is 10.5. The summed E-state index contributed by atoms with van der Waals surface area (Å²) < 4.78 is 16.1. The highest BCUT2D eigenvalue weighted by Crippen LogP contribution is 2.32. The normalized spacial score (nSPS) is 11.2. The van der Waals surface area contributed by atoms with Crippen LogP contribution >= 0.6 is 27.5 Å². The third-order valence-corrected chi connectivity index (χ3v) is 3.75. The molecule has 0 amide bonds. The minimum absolute atomic E-state index is 0.156. The second-order valence-corrected chi connectivity index (χ2v) is 4.44. The Kier molecular flexibility index (Phi) is 2.32. The Hall–Kier alpha value is -0.540. The van der Waals surface area contributed by atoms with Crippen molar-refractivity contribution < 1.29 is 4.39 Å². The number of hydrogen-bond acceptors (Lipinski definition) is 0. The lowest BCUT2D eigenvalue weighted by atomic mass is 10.2. The number of hydrogen-bond donors (Lipinski definition) is 0. The molecule has 2 aromatic rings. The quantitative estimate of drug-likeness (QED) is 0.684. The first kappa shape index (κ1) is 9.99. The van der Waals surface area contributed by atoms with E-state index in [1.165, 1.54) is 6.07 Å². The number of aryl methyl sites for hydroxylation is 1. The molecule has 0 aliphatic rings. The molecular formula is C10H8BrClFN. The predicted octanol–water partition coefficient (Wildman–Crippen LogP) is 4.04. The van der Waals surface area contributed by atoms with E-state index in [9.17, 15) is 4.39 Å². The van der Waals surface area contributed by atoms with Gasteiger partial charge in [0.15, 0.2) is 0 Å². The highest BCUT2D eigenvalue weighted by molar-refractivity contribution is 9.10. The maximum atomic E-state index is 13.2. The average molecular weight is 277 g/mol. The van der Waals surface area contributed by atoms with Crippen molar-refractivity contribution in [2.24, 2.45) is 7.05 Å². The van der Waals surface area contributed by atoms with Crippen LogP contribution in [0.4, 0.5) is 4.39 Å². The van der Waals surface area contributed by atoms with Crippen LogP contribution in [0.15, 0.2) is 16.6 Å². The van der Waals surface area contributed by atoms with Gasteiger partial charge in [-0.05, 0) is 35.0 Å². The lowest BCUT2D eigenvalue weighted by Gasteiger charge is -1.99. The molecule has 0 fully saturated rings. The summed E-state index contributed by atoms with van der Waals surface area (Å²) in [6, 6.07) is 3.10. The number of halogens is 3. The largest absolute Gasteiger partial charge is 0.347 e. The van der Waals surface area contributed by atoms with E-state index >= 15 is 0 Å². The summed E-state index contributed by atoms with van der Waals surface area (Å²) in [5, 5.41) is 1.10. The van der Waals surface area contributed by atoms with E-state index in [0.717, 1.165) is 21.1 Å². The van der Waals surface area contributed by atoms with Crippen LogP contribution in [0.3, 0.4) is 0 Å². The Labute approximate surface area is 94.6 Å². The van der Waals surface area contributed by atoms with Gasteiger partial charge in [0.05, 0.1) is 10.5 Å². The second kappa shape index (κ2) is 3.24. The van der Waals surface area contributed by atoms with Crippen LogP contribution in [0, 0.1) is 12.7 Å². The van der Waals surface area contributed by atoms with Gasteiger partial charge in [-0.3, -0.25) is 0 Å². The van der Waals surface area contributed by atoms with Gasteiger partial charge in [-0.2, -0.15) is 0 Å². The molecule has 0 saturated carbocycles. The molecule has 1 aromatic carbocycles. The van der Waals surface area contributed by atoms with Crippen LogP contribution in [0.1, 0.15) is 5.69 Å². The summed E-state index contributed by atoms with van der Waals surface area (Å²) in [4.78, 5) is 0. The lowest BCUT2D eigenvalue weighted by molar-refractivity contribution is 0.629. The topological polar surface area (TPSA) is 4.93 Å². The molecule has 0 bridgehead atoms. The van der Waals surface area contributed by atoms with Crippen molar-refractivity contribution >= 4 is 38.4 Å². The summed E-state index contributed by atoms with van der Waals surface area (Å²) in [5.41, 5.74) is 1.90. The molecule has 0 spiro atoms. The number of fused-ring (bicyclic) bond motifs is 1. The van der Waals surface area contributed by atoms with Gasteiger partial charge in [-0.1, -0.05) is 11.6 Å². The van der Waals surface area contributed by atoms with Gasteiger partial charge >= 0.3 is 0 Å². The fourth-order valence-corrected chi connectivity index (χ4v) is 2.26. The minimum atomic E-state index is -0.382. The highest BCUT2D eigenvalue weighted by Gasteiger charge is 2.12. The summed E-state index contributed by atoms with van der Waals surface area (Å²) in [6.07, 6.45) is 0. The summed E-state index contributed by atoms with van der Waals surface area (Å²) in [6.45, 7) is 1.97. The van der Waals surface area contributed by atoms with Gasteiger partial charge in [-0.25, -0.2) is 4.39 Å². The van der Waals surface area contributed by atoms with Gasteiger partial charge in [0, 0.05) is 22.6 Å². The van der Waals surface area contributed by atoms with E-state index in [0.29, 0.717) is 0 Å². The molecule has 0 unspecified atom stereocenters. The molecule has 1 nitrogen and oxygen atoms in total. The zero-order valence-corrected chi connectivity index (χ0v) is 10.1. The van der Waals surface area contributed by atoms with Gasteiger partial charge < -0.3 is 4.57 Å². The summed E-state index contributed by atoms with van der Waals surface area (Å²) >= 11 is 9.17. The molecule has 0 N–H and O–H groups in total. The minimum Gasteiger partial charge on any atom is -0.347 e. The third-order valence-electron chi connectivity index (χ3n) is 2.46. The van der Waals surface area contributed by atoms with E-state index < -0.39 is 0 Å². The zero-order valence-electron chi connectivity index (χ0n) is 7.74. The molecule has 0 atom stereocenters. The van der Waals surface area contributed by atoms with Crippen molar-refractivity contribution in [3.05, 3.63) is 33.1 Å². The first-order valence-electron chi connectivity index (χ1n) is 4.12. The predicted molar refractivity (Wildman–Crippen MR) is 60.3 cm³/mol. The van der Waals surface area contributed by atoms with Crippen LogP contribution in [0.2, 0.25) is 5.02 Å². The van der Waals surface area contributed by atoms with E-state index in [1.807, 2.05) is 18.5 Å². The van der Waals surface area contributed by atoms with Gasteiger partial charge in [0.25, 0.3) is 0 Å². The Bertz CT molecular complexity index is 474. The Morgan fingerprint density at radius 1 is 1.43 bits per heavy atom. The third kappa shape index (κ3) is 1.27. The smallest absolute Gasteiger partial charge is 0.143 e. The molecule has 1 heterocycles. The molecule has 1 aromatic heterocycles. The summed E-state index contributed by atoms with van der Waals surface area (Å²) in [7, 11) is 1.90. The van der Waals surface area contributed by atoms with Crippen molar-refractivity contribution in [3.8, 4) is 0 Å². The Morgan fingerprint density at radius 3 is 2.71 bits per heavy atom. The van der Waals surface area contributed by atoms with Crippen LogP contribution in [0.25, 0.3) is 10.9 Å². The standard InChI is InChI=1S/C10H8BrClFN/c1-5-10(11)6-3-7(12)8(13)4-9(6)14(5)2/h3-4H,1-2H3. The second-order valence-electron chi connectivity index (χ2n) is 3.24. The maximum absolute atomic E-state index is 13.2. The Morgan fingerprint density at radius 2 is 2.07 bits per heavy atom.